The number of rotatable bonds is 4. The number of piperidine rings is 1. The summed E-state index contributed by atoms with van der Waals surface area (Å²) in [6.07, 6.45) is 0.478. The molecule has 2 heterocycles. The molecule has 0 spiro atoms. The highest BCUT2D eigenvalue weighted by Crippen LogP contribution is 2.28. The lowest BCUT2D eigenvalue weighted by molar-refractivity contribution is 0.0206. The number of urea groups is 1. The van der Waals surface area contributed by atoms with Crippen molar-refractivity contribution in [3.05, 3.63) is 46.2 Å². The lowest BCUT2D eigenvalue weighted by Crippen LogP contribution is -2.51. The second-order valence-electron chi connectivity index (χ2n) is 8.60. The summed E-state index contributed by atoms with van der Waals surface area (Å²) < 4.78 is 33.4. The minimum Gasteiger partial charge on any atom is -0.478 e. The zero-order chi connectivity index (χ0) is 24.3. The molecule has 178 valence electrons. The van der Waals surface area contributed by atoms with Gasteiger partial charge < -0.3 is 20.1 Å². The Kier molecular flexibility index (Phi) is 7.21. The summed E-state index contributed by atoms with van der Waals surface area (Å²) in [5, 5.41) is 15.0. The van der Waals surface area contributed by atoms with E-state index in [1.54, 1.807) is 42.5 Å². The number of carboxylic acid groups (broad SMARTS) is 1. The third-order valence-corrected chi connectivity index (χ3v) is 5.68. The molecule has 33 heavy (non-hydrogen) atoms. The number of aromatic carboxylic acids is 1. The number of nitrogens with zero attached hydrogens (tertiary/aromatic N) is 2. The number of nitrogens with one attached hydrogen (secondary N) is 1. The molecule has 0 unspecified atom stereocenters. The van der Waals surface area contributed by atoms with Gasteiger partial charge in [-0.1, -0.05) is 0 Å². The molecule has 1 aliphatic rings. The summed E-state index contributed by atoms with van der Waals surface area (Å²) in [7, 11) is 0. The summed E-state index contributed by atoms with van der Waals surface area (Å²) in [4.78, 5) is 39.7. The van der Waals surface area contributed by atoms with Crippen LogP contribution in [0.2, 0.25) is 0 Å². The zero-order valence-electron chi connectivity index (χ0n) is 18.4. The number of ether oxygens (including phenoxy) is 1. The fourth-order valence-corrected chi connectivity index (χ4v) is 4.13. The second kappa shape index (κ2) is 9.74. The van der Waals surface area contributed by atoms with Crippen molar-refractivity contribution in [1.82, 2.24) is 4.90 Å². The van der Waals surface area contributed by atoms with Crippen LogP contribution in [0.25, 0.3) is 0 Å². The molecule has 8 nitrogen and oxygen atoms in total. The van der Waals surface area contributed by atoms with Crippen molar-refractivity contribution >= 4 is 40.8 Å². The van der Waals surface area contributed by atoms with E-state index in [-0.39, 0.29) is 6.04 Å². The SMILES string of the molecule is CC(C)(C)OC(=O)N1CCC(N(C(=O)Nc2cc(C(=O)O)c(F)cc2F)c2ccsc2)CC1. The third-order valence-electron chi connectivity index (χ3n) is 5.01. The number of carbonyl (C=O) groups excluding carboxylic acids is 2. The maximum Gasteiger partial charge on any atom is 0.410 e. The molecule has 1 aromatic heterocycles. The van der Waals surface area contributed by atoms with Gasteiger partial charge >= 0.3 is 18.1 Å². The fraction of sp³-hybridized carbons (Fsp3) is 0.409. The standard InChI is InChI=1S/C22H25F2N3O5S/c1-22(2,3)32-21(31)26-7-4-13(5-8-26)27(14-6-9-33-12-14)20(30)25-18-10-15(19(28)29)16(23)11-17(18)24/h6,9-13H,4-5,7-8H2,1-3H3,(H,25,30)(H,28,29). The number of anilines is 2. The average molecular weight is 482 g/mol. The Bertz CT molecular complexity index is 1030. The number of carbonyl (C=O) groups is 3. The van der Waals surface area contributed by atoms with Crippen molar-refractivity contribution < 1.29 is 33.0 Å². The predicted octanol–water partition coefficient (Wildman–Crippen LogP) is 5.16. The molecule has 1 saturated heterocycles. The van der Waals surface area contributed by atoms with Crippen LogP contribution in [0.5, 0.6) is 0 Å². The Morgan fingerprint density at radius 2 is 1.85 bits per heavy atom. The van der Waals surface area contributed by atoms with Crippen LogP contribution in [0.4, 0.5) is 29.7 Å². The lowest BCUT2D eigenvalue weighted by atomic mass is 10.0. The highest BCUT2D eigenvalue weighted by Gasteiger charge is 2.33. The molecule has 3 rings (SSSR count). The number of hydrogen-bond acceptors (Lipinski definition) is 5. The van der Waals surface area contributed by atoms with Crippen LogP contribution in [-0.2, 0) is 4.74 Å². The number of amides is 3. The van der Waals surface area contributed by atoms with Gasteiger partial charge in [0.15, 0.2) is 0 Å². The maximum absolute atomic E-state index is 14.3. The molecular formula is C22H25F2N3O5S. The first kappa shape index (κ1) is 24.4. The number of likely N-dealkylation sites (tertiary alicyclic amines) is 1. The molecule has 1 aliphatic heterocycles. The molecular weight excluding hydrogens is 456 g/mol. The normalized spacial score (nSPS) is 14.6. The predicted molar refractivity (Wildman–Crippen MR) is 120 cm³/mol. The molecule has 0 atom stereocenters. The lowest BCUT2D eigenvalue weighted by Gasteiger charge is -2.38. The van der Waals surface area contributed by atoms with E-state index in [1.807, 2.05) is 0 Å². The van der Waals surface area contributed by atoms with E-state index in [1.165, 1.54) is 16.2 Å². The van der Waals surface area contributed by atoms with Crippen LogP contribution in [-0.4, -0.2) is 52.8 Å². The summed E-state index contributed by atoms with van der Waals surface area (Å²) in [6.45, 7) is 6.07. The van der Waals surface area contributed by atoms with Gasteiger partial charge in [-0.05, 0) is 51.1 Å². The van der Waals surface area contributed by atoms with Gasteiger partial charge in [0.05, 0.1) is 16.9 Å². The summed E-state index contributed by atoms with van der Waals surface area (Å²) >= 11 is 1.37. The first-order valence-corrected chi connectivity index (χ1v) is 11.2. The number of halogens is 2. The highest BCUT2D eigenvalue weighted by atomic mass is 32.1. The number of hydrogen-bond donors (Lipinski definition) is 2. The molecule has 3 amide bonds. The molecule has 1 fully saturated rings. The van der Waals surface area contributed by atoms with Crippen molar-refractivity contribution in [1.29, 1.82) is 0 Å². The van der Waals surface area contributed by atoms with Gasteiger partial charge in [0, 0.05) is 30.6 Å². The van der Waals surface area contributed by atoms with Crippen LogP contribution in [0, 0.1) is 11.6 Å². The fourth-order valence-electron chi connectivity index (χ4n) is 3.51. The first-order chi connectivity index (χ1) is 15.5. The van der Waals surface area contributed by atoms with Gasteiger partial charge in [0.25, 0.3) is 0 Å². The molecule has 11 heteroatoms. The van der Waals surface area contributed by atoms with Crippen molar-refractivity contribution in [2.75, 3.05) is 23.3 Å². The Hall–Kier alpha value is -3.21. The Morgan fingerprint density at radius 1 is 1.18 bits per heavy atom. The van der Waals surface area contributed by atoms with E-state index >= 15 is 0 Å². The Morgan fingerprint density at radius 3 is 2.39 bits per heavy atom. The minimum absolute atomic E-state index is 0.305. The molecule has 1 aromatic carbocycles. The monoisotopic (exact) mass is 481 g/mol. The van der Waals surface area contributed by atoms with Gasteiger partial charge in [-0.25, -0.2) is 23.2 Å². The first-order valence-electron chi connectivity index (χ1n) is 10.3. The van der Waals surface area contributed by atoms with Gasteiger partial charge in [-0.15, -0.1) is 0 Å². The van der Waals surface area contributed by atoms with Crippen molar-refractivity contribution in [2.45, 2.75) is 45.3 Å². The Labute approximate surface area is 193 Å². The summed E-state index contributed by atoms with van der Waals surface area (Å²) in [6, 6.07) is 1.91. The highest BCUT2D eigenvalue weighted by molar-refractivity contribution is 7.08. The van der Waals surface area contributed by atoms with E-state index in [9.17, 15) is 23.2 Å². The van der Waals surface area contributed by atoms with Crippen LogP contribution >= 0.6 is 11.3 Å². The van der Waals surface area contributed by atoms with Gasteiger partial charge in [-0.2, -0.15) is 11.3 Å². The van der Waals surface area contributed by atoms with Crippen LogP contribution < -0.4 is 10.2 Å². The second-order valence-corrected chi connectivity index (χ2v) is 9.38. The van der Waals surface area contributed by atoms with Crippen molar-refractivity contribution in [3.8, 4) is 0 Å². The molecule has 0 radical (unpaired) electrons. The zero-order valence-corrected chi connectivity index (χ0v) is 19.2. The van der Waals surface area contributed by atoms with Gasteiger partial charge in [0.2, 0.25) is 0 Å². The summed E-state index contributed by atoms with van der Waals surface area (Å²) in [5.41, 5.74) is -1.23. The quantitative estimate of drug-likeness (QED) is 0.628. The summed E-state index contributed by atoms with van der Waals surface area (Å²) in [5.74, 6) is -3.90. The number of carboxylic acids is 1. The van der Waals surface area contributed by atoms with E-state index in [0.717, 1.165) is 6.07 Å². The van der Waals surface area contributed by atoms with Gasteiger partial charge in [-0.3, -0.25) is 4.90 Å². The number of thiophene rings is 1. The maximum atomic E-state index is 14.3. The number of benzene rings is 1. The largest absolute Gasteiger partial charge is 0.478 e. The van der Waals surface area contributed by atoms with E-state index in [0.29, 0.717) is 37.7 Å². The smallest absolute Gasteiger partial charge is 0.410 e. The Balaban J connectivity index is 1.77. The van der Waals surface area contributed by atoms with Crippen molar-refractivity contribution in [2.24, 2.45) is 0 Å². The van der Waals surface area contributed by atoms with Gasteiger partial charge in [0.1, 0.15) is 17.2 Å². The molecule has 2 N–H and O–H groups in total. The topological polar surface area (TPSA) is 99.2 Å². The molecule has 0 bridgehead atoms. The average Bonchev–Trinajstić information content (AvgIpc) is 3.23. The van der Waals surface area contributed by atoms with Crippen LogP contribution in [0.3, 0.4) is 0 Å². The van der Waals surface area contributed by atoms with Crippen LogP contribution in [0.15, 0.2) is 29.0 Å². The molecule has 0 saturated carbocycles. The van der Waals surface area contributed by atoms with Crippen molar-refractivity contribution in [3.63, 3.8) is 0 Å². The van der Waals surface area contributed by atoms with E-state index in [2.05, 4.69) is 5.32 Å². The van der Waals surface area contributed by atoms with E-state index < -0.39 is 46.6 Å². The molecule has 2 aromatic rings. The minimum atomic E-state index is -1.58. The van der Waals surface area contributed by atoms with E-state index in [4.69, 9.17) is 9.84 Å². The third kappa shape index (κ3) is 5.98. The molecule has 0 aliphatic carbocycles. The van der Waals surface area contributed by atoms with Crippen LogP contribution in [0.1, 0.15) is 44.0 Å².